The topological polar surface area (TPSA) is 47.4 Å². The number of ether oxygens (including phenoxy) is 1. The fourth-order valence-electron chi connectivity index (χ4n) is 2.79. The molecule has 0 aromatic carbocycles. The van der Waals surface area contributed by atoms with E-state index in [-0.39, 0.29) is 11.7 Å². The second-order valence-electron chi connectivity index (χ2n) is 5.63. The number of morpholine rings is 1. The van der Waals surface area contributed by atoms with Crippen molar-refractivity contribution in [3.8, 4) is 0 Å². The van der Waals surface area contributed by atoms with E-state index in [2.05, 4.69) is 30.8 Å². The summed E-state index contributed by atoms with van der Waals surface area (Å²) in [5.41, 5.74) is 1.25. The molecular weight excluding hydrogens is 230 g/mol. The Bertz CT molecular complexity index is 465. The maximum absolute atomic E-state index is 11.2. The van der Waals surface area contributed by atoms with Crippen molar-refractivity contribution in [3.63, 3.8) is 0 Å². The summed E-state index contributed by atoms with van der Waals surface area (Å²) in [5.74, 6) is 0.894. The maximum atomic E-state index is 11.2. The summed E-state index contributed by atoms with van der Waals surface area (Å²) in [7, 11) is 1.88. The third-order valence-electron chi connectivity index (χ3n) is 3.22. The molecule has 0 spiro atoms. The van der Waals surface area contributed by atoms with Gasteiger partial charge >= 0.3 is 0 Å². The van der Waals surface area contributed by atoms with Crippen LogP contribution in [-0.4, -0.2) is 40.9 Å². The molecule has 0 bridgehead atoms. The minimum absolute atomic E-state index is 0.142. The molecule has 1 aromatic heterocycles. The predicted molar refractivity (Wildman–Crippen MR) is 70.2 cm³/mol. The van der Waals surface area contributed by atoms with Gasteiger partial charge in [-0.2, -0.15) is 5.10 Å². The first-order chi connectivity index (χ1) is 8.34. The number of nitrogens with zero attached hydrogens (tertiary/aromatic N) is 3. The largest absolute Gasteiger partial charge is 0.369 e. The van der Waals surface area contributed by atoms with E-state index in [9.17, 15) is 4.79 Å². The summed E-state index contributed by atoms with van der Waals surface area (Å²) >= 11 is 0. The molecule has 1 atom stereocenters. The molecule has 100 valence electrons. The van der Waals surface area contributed by atoms with E-state index in [1.807, 2.05) is 14.0 Å². The van der Waals surface area contributed by atoms with Crippen LogP contribution in [0, 0.1) is 6.92 Å². The van der Waals surface area contributed by atoms with Gasteiger partial charge in [-0.25, -0.2) is 0 Å². The smallest absolute Gasteiger partial charge is 0.155 e. The highest BCUT2D eigenvalue weighted by Gasteiger charge is 2.33. The first-order valence-electron chi connectivity index (χ1n) is 6.25. The number of hydrogen-bond donors (Lipinski definition) is 0. The number of aryl methyl sites for hydroxylation is 2. The van der Waals surface area contributed by atoms with E-state index >= 15 is 0 Å². The molecule has 1 fully saturated rings. The van der Waals surface area contributed by atoms with Gasteiger partial charge in [0.2, 0.25) is 0 Å². The Balaban J connectivity index is 2.39. The lowest BCUT2D eigenvalue weighted by atomic mass is 10.0. The Morgan fingerprint density at radius 1 is 1.50 bits per heavy atom. The standard InChI is InChI=1S/C13H21N3O2/c1-9-6-16(8-13(3,4)18-9)12-11(7-17)10(2)14-15(12)5/h7,9H,6,8H2,1-5H3. The SMILES string of the molecule is Cc1nn(C)c(N2CC(C)OC(C)(C)C2)c1C=O. The second-order valence-corrected chi connectivity index (χ2v) is 5.63. The average Bonchev–Trinajstić information content (AvgIpc) is 2.49. The van der Waals surface area contributed by atoms with Gasteiger partial charge in [-0.05, 0) is 27.7 Å². The van der Waals surface area contributed by atoms with Crippen molar-refractivity contribution in [3.05, 3.63) is 11.3 Å². The third kappa shape index (κ3) is 2.27. The van der Waals surface area contributed by atoms with Gasteiger partial charge < -0.3 is 9.64 Å². The normalized spacial score (nSPS) is 23.2. The zero-order valence-corrected chi connectivity index (χ0v) is 11.7. The van der Waals surface area contributed by atoms with Crippen LogP contribution >= 0.6 is 0 Å². The van der Waals surface area contributed by atoms with Crippen molar-refractivity contribution in [1.29, 1.82) is 0 Å². The lowest BCUT2D eigenvalue weighted by molar-refractivity contribution is -0.0753. The van der Waals surface area contributed by atoms with Gasteiger partial charge in [0.1, 0.15) is 5.82 Å². The van der Waals surface area contributed by atoms with Crippen LogP contribution in [-0.2, 0) is 11.8 Å². The highest BCUT2D eigenvalue weighted by atomic mass is 16.5. The first-order valence-corrected chi connectivity index (χ1v) is 6.25. The highest BCUT2D eigenvalue weighted by molar-refractivity contribution is 5.84. The Hall–Kier alpha value is -1.36. The molecule has 1 aliphatic rings. The summed E-state index contributed by atoms with van der Waals surface area (Å²) < 4.78 is 7.67. The van der Waals surface area contributed by atoms with E-state index in [4.69, 9.17) is 4.74 Å². The van der Waals surface area contributed by atoms with Crippen molar-refractivity contribution >= 4 is 12.1 Å². The van der Waals surface area contributed by atoms with Crippen LogP contribution in [0.2, 0.25) is 0 Å². The van der Waals surface area contributed by atoms with Crippen LogP contribution in [0.5, 0.6) is 0 Å². The molecule has 2 heterocycles. The molecule has 0 amide bonds. The number of anilines is 1. The molecule has 0 aliphatic carbocycles. The number of aromatic nitrogens is 2. The third-order valence-corrected chi connectivity index (χ3v) is 3.22. The van der Waals surface area contributed by atoms with Crippen LogP contribution in [0.25, 0.3) is 0 Å². The molecule has 5 nitrogen and oxygen atoms in total. The molecule has 1 saturated heterocycles. The van der Waals surface area contributed by atoms with Gasteiger partial charge in [-0.3, -0.25) is 9.48 Å². The summed E-state index contributed by atoms with van der Waals surface area (Å²) in [4.78, 5) is 13.4. The van der Waals surface area contributed by atoms with E-state index in [1.165, 1.54) is 0 Å². The average molecular weight is 251 g/mol. The number of hydrogen-bond acceptors (Lipinski definition) is 4. The maximum Gasteiger partial charge on any atom is 0.155 e. The molecule has 18 heavy (non-hydrogen) atoms. The number of aldehydes is 1. The van der Waals surface area contributed by atoms with Crippen LogP contribution < -0.4 is 4.90 Å². The highest BCUT2D eigenvalue weighted by Crippen LogP contribution is 2.28. The Morgan fingerprint density at radius 2 is 2.17 bits per heavy atom. The van der Waals surface area contributed by atoms with Gasteiger partial charge in [-0.1, -0.05) is 0 Å². The predicted octanol–water partition coefficient (Wildman–Crippen LogP) is 1.54. The quantitative estimate of drug-likeness (QED) is 0.748. The zero-order valence-electron chi connectivity index (χ0n) is 11.7. The van der Waals surface area contributed by atoms with Crippen molar-refractivity contribution in [2.24, 2.45) is 7.05 Å². The van der Waals surface area contributed by atoms with Crippen molar-refractivity contribution in [1.82, 2.24) is 9.78 Å². The van der Waals surface area contributed by atoms with Gasteiger partial charge in [-0.15, -0.1) is 0 Å². The number of carbonyl (C=O) groups excluding carboxylic acids is 1. The second kappa shape index (κ2) is 4.39. The molecule has 0 radical (unpaired) electrons. The van der Waals surface area contributed by atoms with Crippen LogP contribution in [0.3, 0.4) is 0 Å². The Kier molecular flexibility index (Phi) is 3.19. The van der Waals surface area contributed by atoms with Crippen molar-refractivity contribution in [2.75, 3.05) is 18.0 Å². The van der Waals surface area contributed by atoms with Crippen molar-refractivity contribution in [2.45, 2.75) is 39.4 Å². The van der Waals surface area contributed by atoms with Crippen molar-refractivity contribution < 1.29 is 9.53 Å². The minimum atomic E-state index is -0.212. The van der Waals surface area contributed by atoms with E-state index in [0.717, 1.165) is 30.9 Å². The van der Waals surface area contributed by atoms with Gasteiger partial charge in [0.15, 0.2) is 6.29 Å². The summed E-state index contributed by atoms with van der Waals surface area (Å²) in [6, 6.07) is 0. The monoisotopic (exact) mass is 251 g/mol. The van der Waals surface area contributed by atoms with E-state index in [0.29, 0.717) is 5.56 Å². The summed E-state index contributed by atoms with van der Waals surface area (Å²) in [6.07, 6.45) is 1.04. The van der Waals surface area contributed by atoms with Gasteiger partial charge in [0.05, 0.1) is 23.0 Å². The number of rotatable bonds is 2. The summed E-state index contributed by atoms with van der Waals surface area (Å²) in [5, 5.41) is 4.33. The minimum Gasteiger partial charge on any atom is -0.369 e. The molecule has 1 aromatic rings. The molecule has 1 aliphatic heterocycles. The Labute approximate surface area is 108 Å². The number of carbonyl (C=O) groups is 1. The molecule has 0 saturated carbocycles. The zero-order chi connectivity index (χ0) is 13.5. The first kappa shape index (κ1) is 13.1. The molecule has 0 N–H and O–H groups in total. The molecule has 5 heteroatoms. The van der Waals surface area contributed by atoms with Gasteiger partial charge in [0.25, 0.3) is 0 Å². The lowest BCUT2D eigenvalue weighted by Crippen LogP contribution is -2.52. The fourth-order valence-corrected chi connectivity index (χ4v) is 2.79. The fraction of sp³-hybridized carbons (Fsp3) is 0.692. The summed E-state index contributed by atoms with van der Waals surface area (Å²) in [6.45, 7) is 9.60. The lowest BCUT2D eigenvalue weighted by Gasteiger charge is -2.42. The van der Waals surface area contributed by atoms with Crippen LogP contribution in [0.4, 0.5) is 5.82 Å². The molecule has 1 unspecified atom stereocenters. The van der Waals surface area contributed by atoms with E-state index in [1.54, 1.807) is 4.68 Å². The van der Waals surface area contributed by atoms with Gasteiger partial charge in [0, 0.05) is 20.1 Å². The van der Waals surface area contributed by atoms with E-state index < -0.39 is 0 Å². The molecule has 2 rings (SSSR count). The Morgan fingerprint density at radius 3 is 2.72 bits per heavy atom. The molecular formula is C13H21N3O2. The van der Waals surface area contributed by atoms with Crippen LogP contribution in [0.15, 0.2) is 0 Å². The van der Waals surface area contributed by atoms with Crippen LogP contribution in [0.1, 0.15) is 36.8 Å².